The van der Waals surface area contributed by atoms with Crippen LogP contribution in [0, 0.1) is 5.41 Å². The third-order valence-corrected chi connectivity index (χ3v) is 4.68. The van der Waals surface area contributed by atoms with Gasteiger partial charge in [0, 0.05) is 12.0 Å². The van der Waals surface area contributed by atoms with E-state index in [0.29, 0.717) is 19.4 Å². The summed E-state index contributed by atoms with van der Waals surface area (Å²) in [6.07, 6.45) is 1.91. The molecule has 0 amide bonds. The molecule has 4 nitrogen and oxygen atoms in total. The van der Waals surface area contributed by atoms with E-state index in [1.807, 2.05) is 75.4 Å². The van der Waals surface area contributed by atoms with E-state index in [4.69, 9.17) is 9.47 Å². The fraction of sp³-hybridized carbons (Fsp3) is 0.391. The highest BCUT2D eigenvalue weighted by Crippen LogP contribution is 2.21. The number of aryl methyl sites for hydroxylation is 1. The van der Waals surface area contributed by atoms with Gasteiger partial charge < -0.3 is 9.47 Å². The van der Waals surface area contributed by atoms with Crippen LogP contribution < -0.4 is 4.74 Å². The Morgan fingerprint density at radius 2 is 1.59 bits per heavy atom. The number of carbonyl (C=O) groups is 2. The van der Waals surface area contributed by atoms with Crippen molar-refractivity contribution in [2.75, 3.05) is 13.2 Å². The van der Waals surface area contributed by atoms with Crippen LogP contribution in [0.15, 0.2) is 54.6 Å². The van der Waals surface area contributed by atoms with Crippen LogP contribution in [-0.2, 0) is 16.0 Å². The molecule has 0 spiro atoms. The Hall–Kier alpha value is -2.62. The third-order valence-electron chi connectivity index (χ3n) is 4.68. The zero-order valence-corrected chi connectivity index (χ0v) is 16.4. The van der Waals surface area contributed by atoms with Gasteiger partial charge in [-0.05, 0) is 44.4 Å². The zero-order chi connectivity index (χ0) is 19.7. The number of ketones is 1. The van der Waals surface area contributed by atoms with Crippen molar-refractivity contribution in [3.05, 3.63) is 65.7 Å². The monoisotopic (exact) mass is 368 g/mol. The summed E-state index contributed by atoms with van der Waals surface area (Å²) in [5.41, 5.74) is 1.37. The Labute approximate surface area is 161 Å². The van der Waals surface area contributed by atoms with Crippen molar-refractivity contribution in [2.24, 2.45) is 5.41 Å². The summed E-state index contributed by atoms with van der Waals surface area (Å²) in [5.74, 6) is 0.665. The van der Waals surface area contributed by atoms with Crippen LogP contribution in [0.5, 0.6) is 5.75 Å². The van der Waals surface area contributed by atoms with Crippen molar-refractivity contribution < 1.29 is 19.1 Å². The number of esters is 1. The minimum absolute atomic E-state index is 0.146. The van der Waals surface area contributed by atoms with Gasteiger partial charge in [0.15, 0.2) is 5.78 Å². The van der Waals surface area contributed by atoms with Crippen LogP contribution in [0.1, 0.15) is 49.5 Å². The predicted molar refractivity (Wildman–Crippen MR) is 106 cm³/mol. The molecular formula is C23H28O4. The van der Waals surface area contributed by atoms with Gasteiger partial charge in [0.25, 0.3) is 0 Å². The molecule has 0 aliphatic carbocycles. The molecule has 2 rings (SSSR count). The predicted octanol–water partition coefficient (Wildman–Crippen LogP) is 4.86. The lowest BCUT2D eigenvalue weighted by molar-refractivity contribution is -0.154. The lowest BCUT2D eigenvalue weighted by atomic mass is 9.91. The van der Waals surface area contributed by atoms with E-state index >= 15 is 0 Å². The molecule has 0 heterocycles. The summed E-state index contributed by atoms with van der Waals surface area (Å²) in [5, 5.41) is 0. The normalized spacial score (nSPS) is 11.1. The molecule has 0 radical (unpaired) electrons. The summed E-state index contributed by atoms with van der Waals surface area (Å²) in [6, 6.07) is 17.0. The second-order valence-electron chi connectivity index (χ2n) is 7.15. The molecule has 4 heteroatoms. The number of Topliss-reactive ketones (excluding diaryl/α,β-unsaturated/α-hetero) is 1. The Bertz CT molecular complexity index is 733. The molecule has 0 aliphatic heterocycles. The maximum absolute atomic E-state index is 12.1. The molecule has 0 aromatic heterocycles. The molecule has 0 fully saturated rings. The first-order chi connectivity index (χ1) is 12.9. The van der Waals surface area contributed by atoms with Gasteiger partial charge in [0.2, 0.25) is 0 Å². The van der Waals surface area contributed by atoms with Crippen molar-refractivity contribution in [3.8, 4) is 5.75 Å². The minimum atomic E-state index is -0.459. The number of carbonyl (C=O) groups excluding carboxylic acids is 2. The minimum Gasteiger partial charge on any atom is -0.490 e. The van der Waals surface area contributed by atoms with Gasteiger partial charge >= 0.3 is 5.97 Å². The molecule has 27 heavy (non-hydrogen) atoms. The molecule has 0 bridgehead atoms. The fourth-order valence-electron chi connectivity index (χ4n) is 2.41. The first-order valence-corrected chi connectivity index (χ1v) is 9.39. The number of rotatable bonds is 10. The van der Waals surface area contributed by atoms with E-state index < -0.39 is 5.41 Å². The lowest BCUT2D eigenvalue weighted by Crippen LogP contribution is -2.27. The van der Waals surface area contributed by atoms with Gasteiger partial charge in [-0.25, -0.2) is 0 Å². The van der Waals surface area contributed by atoms with Gasteiger partial charge in [-0.15, -0.1) is 0 Å². The Kier molecular flexibility index (Phi) is 7.59. The highest BCUT2D eigenvalue weighted by molar-refractivity contribution is 5.96. The van der Waals surface area contributed by atoms with E-state index in [-0.39, 0.29) is 18.4 Å². The second-order valence-corrected chi connectivity index (χ2v) is 7.15. The molecule has 2 aromatic rings. The summed E-state index contributed by atoms with van der Waals surface area (Å²) >= 11 is 0. The first kappa shape index (κ1) is 20.7. The van der Waals surface area contributed by atoms with E-state index in [1.165, 1.54) is 0 Å². The topological polar surface area (TPSA) is 52.6 Å². The highest BCUT2D eigenvalue weighted by Gasteiger charge is 2.26. The molecule has 0 aliphatic rings. The quantitative estimate of drug-likeness (QED) is 0.341. The smallest absolute Gasteiger partial charge is 0.311 e. The van der Waals surface area contributed by atoms with Crippen molar-refractivity contribution in [1.82, 2.24) is 0 Å². The Morgan fingerprint density at radius 3 is 2.22 bits per heavy atom. The zero-order valence-electron chi connectivity index (χ0n) is 16.4. The van der Waals surface area contributed by atoms with E-state index in [0.717, 1.165) is 23.3 Å². The molecule has 0 saturated heterocycles. The average molecular weight is 368 g/mol. The molecule has 0 unspecified atom stereocenters. The van der Waals surface area contributed by atoms with Crippen molar-refractivity contribution in [3.63, 3.8) is 0 Å². The van der Waals surface area contributed by atoms with Gasteiger partial charge in [-0.1, -0.05) is 49.4 Å². The van der Waals surface area contributed by atoms with Crippen LogP contribution in [0.4, 0.5) is 0 Å². The Balaban J connectivity index is 1.72. The maximum atomic E-state index is 12.1. The molecular weight excluding hydrogens is 340 g/mol. The maximum Gasteiger partial charge on any atom is 0.311 e. The second kappa shape index (κ2) is 9.91. The third kappa shape index (κ3) is 6.55. The number of ether oxygens (including phenoxy) is 2. The van der Waals surface area contributed by atoms with Crippen LogP contribution in [0.25, 0.3) is 0 Å². The standard InChI is InChI=1S/C23H28O4/c1-4-23(2,3)22(25)27-17-16-26-20-13-10-18(11-14-20)12-15-21(24)19-8-6-5-7-9-19/h5-11,13-14H,4,12,15-17H2,1-3H3. The summed E-state index contributed by atoms with van der Waals surface area (Å²) in [7, 11) is 0. The van der Waals surface area contributed by atoms with Gasteiger partial charge in [-0.3, -0.25) is 9.59 Å². The first-order valence-electron chi connectivity index (χ1n) is 9.39. The SMILES string of the molecule is CCC(C)(C)C(=O)OCCOc1ccc(CCC(=O)c2ccccc2)cc1. The van der Waals surface area contributed by atoms with Crippen LogP contribution in [0.2, 0.25) is 0 Å². The van der Waals surface area contributed by atoms with Crippen molar-refractivity contribution >= 4 is 11.8 Å². The average Bonchev–Trinajstić information content (AvgIpc) is 2.70. The number of hydrogen-bond donors (Lipinski definition) is 0. The van der Waals surface area contributed by atoms with Crippen LogP contribution >= 0.6 is 0 Å². The van der Waals surface area contributed by atoms with Crippen LogP contribution in [0.3, 0.4) is 0 Å². The molecule has 2 aromatic carbocycles. The fourth-order valence-corrected chi connectivity index (χ4v) is 2.41. The van der Waals surface area contributed by atoms with Crippen LogP contribution in [-0.4, -0.2) is 25.0 Å². The van der Waals surface area contributed by atoms with Gasteiger partial charge in [-0.2, -0.15) is 0 Å². The molecule has 0 saturated carbocycles. The summed E-state index contributed by atoms with van der Waals surface area (Å²) in [4.78, 5) is 24.0. The molecule has 0 N–H and O–H groups in total. The number of hydrogen-bond acceptors (Lipinski definition) is 4. The van der Waals surface area contributed by atoms with Crippen molar-refractivity contribution in [2.45, 2.75) is 40.0 Å². The summed E-state index contributed by atoms with van der Waals surface area (Å²) in [6.45, 7) is 6.26. The Morgan fingerprint density at radius 1 is 0.926 bits per heavy atom. The molecule has 144 valence electrons. The van der Waals surface area contributed by atoms with E-state index in [9.17, 15) is 9.59 Å². The lowest BCUT2D eigenvalue weighted by Gasteiger charge is -2.20. The highest BCUT2D eigenvalue weighted by atomic mass is 16.6. The van der Waals surface area contributed by atoms with E-state index in [1.54, 1.807) is 0 Å². The van der Waals surface area contributed by atoms with E-state index in [2.05, 4.69) is 0 Å². The number of benzene rings is 2. The van der Waals surface area contributed by atoms with Gasteiger partial charge in [0.1, 0.15) is 19.0 Å². The summed E-state index contributed by atoms with van der Waals surface area (Å²) < 4.78 is 10.9. The molecule has 0 atom stereocenters. The largest absolute Gasteiger partial charge is 0.490 e. The van der Waals surface area contributed by atoms with Gasteiger partial charge in [0.05, 0.1) is 5.41 Å². The van der Waals surface area contributed by atoms with Crippen molar-refractivity contribution in [1.29, 1.82) is 0 Å².